The lowest BCUT2D eigenvalue weighted by Crippen LogP contribution is -2.35. The summed E-state index contributed by atoms with van der Waals surface area (Å²) in [5.74, 6) is -1.04. The molecule has 0 bridgehead atoms. The summed E-state index contributed by atoms with van der Waals surface area (Å²) in [5, 5.41) is 0. The van der Waals surface area contributed by atoms with Crippen molar-refractivity contribution in [3.63, 3.8) is 0 Å². The van der Waals surface area contributed by atoms with Gasteiger partial charge in [-0.3, -0.25) is 0 Å². The van der Waals surface area contributed by atoms with E-state index in [0.29, 0.717) is 6.42 Å². The zero-order valence-electron chi connectivity index (χ0n) is 9.12. The van der Waals surface area contributed by atoms with Crippen LogP contribution in [0, 0.1) is 11.6 Å². The number of hydrogen-bond donors (Lipinski definition) is 1. The Hall–Kier alpha value is -1.00. The maximum Gasteiger partial charge on any atom is 0.129 e. The molecule has 2 N–H and O–H groups in total. The lowest BCUT2D eigenvalue weighted by molar-refractivity contribution is -0.00206. The molecule has 0 saturated carbocycles. The van der Waals surface area contributed by atoms with Crippen LogP contribution < -0.4 is 5.73 Å². The lowest BCUT2D eigenvalue weighted by Gasteiger charge is -2.29. The summed E-state index contributed by atoms with van der Waals surface area (Å²) in [4.78, 5) is 0. The van der Waals surface area contributed by atoms with E-state index in [2.05, 4.69) is 0 Å². The topological polar surface area (TPSA) is 35.2 Å². The molecule has 2 rings (SSSR count). The van der Waals surface area contributed by atoms with Gasteiger partial charge in [-0.15, -0.1) is 0 Å². The maximum absolute atomic E-state index is 13.5. The van der Waals surface area contributed by atoms with Gasteiger partial charge in [0, 0.05) is 19.6 Å². The number of rotatable bonds is 1. The third-order valence-corrected chi connectivity index (χ3v) is 2.49. The van der Waals surface area contributed by atoms with E-state index in [1.54, 1.807) is 0 Å². The predicted octanol–water partition coefficient (Wildman–Crippen LogP) is 2.14. The highest BCUT2D eigenvalue weighted by Gasteiger charge is 2.26. The molecule has 4 heteroatoms. The van der Waals surface area contributed by atoms with E-state index in [9.17, 15) is 8.78 Å². The van der Waals surface area contributed by atoms with Crippen LogP contribution in [0.5, 0.6) is 0 Å². The van der Waals surface area contributed by atoms with Crippen LogP contribution in [0.15, 0.2) is 18.2 Å². The largest absolute Gasteiger partial charge is 0.372 e. The van der Waals surface area contributed by atoms with Crippen molar-refractivity contribution in [3.05, 3.63) is 35.4 Å². The molecule has 1 aromatic rings. The Kier molecular flexibility index (Phi) is 2.62. The van der Waals surface area contributed by atoms with Crippen LogP contribution in [0.1, 0.15) is 25.9 Å². The van der Waals surface area contributed by atoms with Gasteiger partial charge >= 0.3 is 0 Å². The van der Waals surface area contributed by atoms with Gasteiger partial charge in [-0.05, 0) is 31.0 Å². The minimum absolute atomic E-state index is 0.138. The Balaban J connectivity index is 2.26. The second-order valence-electron chi connectivity index (χ2n) is 3.61. The first-order valence-corrected chi connectivity index (χ1v) is 4.82. The normalized spacial score (nSPS) is 32.5. The fraction of sp³-hybridized carbons (Fsp3) is 0.455. The minimum Gasteiger partial charge on any atom is -0.372 e. The van der Waals surface area contributed by atoms with Crippen LogP contribution in [0.25, 0.3) is 0 Å². The molecule has 3 atom stereocenters. The van der Waals surface area contributed by atoms with Crippen LogP contribution in [0.4, 0.5) is 8.78 Å². The molecule has 0 aliphatic carbocycles. The third kappa shape index (κ3) is 2.16. The highest BCUT2D eigenvalue weighted by molar-refractivity contribution is 5.22. The Morgan fingerprint density at radius 2 is 2.27 bits per heavy atom. The van der Waals surface area contributed by atoms with Crippen LogP contribution >= 0.6 is 0 Å². The standard InChI is InChI=1S/C11H13F2NO/c12-7-3-4-9(13)8(6-7)11-10(14)2-1-5-15-11/h3-4,6,10-11H,1-2,5,14H2/t10-,11+/m0/s1/i1D/t1-,10+,11-/m1. The molecule has 1 heterocycles. The number of nitrogens with two attached hydrogens (primary N) is 1. The van der Waals surface area contributed by atoms with Gasteiger partial charge in [0.05, 0.1) is 0 Å². The van der Waals surface area contributed by atoms with Crippen molar-refractivity contribution in [2.24, 2.45) is 5.73 Å². The van der Waals surface area contributed by atoms with Gasteiger partial charge in [0.15, 0.2) is 0 Å². The average molecular weight is 214 g/mol. The van der Waals surface area contributed by atoms with Gasteiger partial charge in [-0.25, -0.2) is 8.78 Å². The second-order valence-corrected chi connectivity index (χ2v) is 3.61. The quantitative estimate of drug-likeness (QED) is 0.777. The molecule has 0 amide bonds. The molecule has 0 spiro atoms. The first-order chi connectivity index (χ1) is 7.58. The smallest absolute Gasteiger partial charge is 0.129 e. The van der Waals surface area contributed by atoms with E-state index in [0.717, 1.165) is 18.2 Å². The first-order valence-electron chi connectivity index (χ1n) is 5.40. The number of hydrogen-bond acceptors (Lipinski definition) is 2. The highest BCUT2D eigenvalue weighted by Crippen LogP contribution is 2.29. The molecule has 0 aromatic heterocycles. The van der Waals surface area contributed by atoms with E-state index < -0.39 is 23.8 Å². The SMILES string of the molecule is [2H][C@H]1CO[C@H](c2cc(F)ccc2F)[C@@H](N)C1. The minimum atomic E-state index is -0.655. The Bertz CT molecular complexity index is 388. The molecule has 0 unspecified atom stereocenters. The molecule has 2 nitrogen and oxygen atoms in total. The summed E-state index contributed by atoms with van der Waals surface area (Å²) >= 11 is 0. The van der Waals surface area contributed by atoms with Gasteiger partial charge in [0.1, 0.15) is 17.7 Å². The molecule has 15 heavy (non-hydrogen) atoms. The van der Waals surface area contributed by atoms with Crippen molar-refractivity contribution in [1.29, 1.82) is 0 Å². The zero-order chi connectivity index (χ0) is 11.7. The molecule has 82 valence electrons. The first kappa shape index (κ1) is 9.24. The van der Waals surface area contributed by atoms with Crippen molar-refractivity contribution in [2.75, 3.05) is 6.61 Å². The summed E-state index contributed by atoms with van der Waals surface area (Å²) < 4.78 is 39.3. The molecule has 0 radical (unpaired) electrons. The van der Waals surface area contributed by atoms with Crippen LogP contribution in [-0.4, -0.2) is 12.6 Å². The summed E-state index contributed by atoms with van der Waals surface area (Å²) in [5.41, 5.74) is 5.92. The Morgan fingerprint density at radius 3 is 3.00 bits per heavy atom. The molecule has 1 aliphatic rings. The third-order valence-electron chi connectivity index (χ3n) is 2.49. The van der Waals surface area contributed by atoms with Crippen molar-refractivity contribution in [3.8, 4) is 0 Å². The van der Waals surface area contributed by atoms with Crippen LogP contribution in [0.3, 0.4) is 0 Å². The predicted molar refractivity (Wildman–Crippen MR) is 52.3 cm³/mol. The van der Waals surface area contributed by atoms with E-state index >= 15 is 0 Å². The molecule has 1 aliphatic heterocycles. The van der Waals surface area contributed by atoms with Crippen LogP contribution in [-0.2, 0) is 4.74 Å². The monoisotopic (exact) mass is 214 g/mol. The van der Waals surface area contributed by atoms with Crippen LogP contribution in [0.2, 0.25) is 0 Å². The van der Waals surface area contributed by atoms with E-state index in [4.69, 9.17) is 11.8 Å². The van der Waals surface area contributed by atoms with Crippen molar-refractivity contribution < 1.29 is 14.9 Å². The van der Waals surface area contributed by atoms with Gasteiger partial charge < -0.3 is 10.5 Å². The molecule has 1 saturated heterocycles. The fourth-order valence-corrected chi connectivity index (χ4v) is 1.73. The second kappa shape index (κ2) is 4.24. The number of ether oxygens (including phenoxy) is 1. The average Bonchev–Trinajstić information content (AvgIpc) is 2.22. The highest BCUT2D eigenvalue weighted by atomic mass is 19.1. The Morgan fingerprint density at radius 1 is 1.47 bits per heavy atom. The number of halogens is 2. The van der Waals surface area contributed by atoms with E-state index in [1.807, 2.05) is 0 Å². The van der Waals surface area contributed by atoms with Crippen molar-refractivity contribution in [2.45, 2.75) is 25.0 Å². The van der Waals surface area contributed by atoms with Crippen molar-refractivity contribution in [1.82, 2.24) is 0 Å². The van der Waals surface area contributed by atoms with Gasteiger partial charge in [-0.1, -0.05) is 0 Å². The summed E-state index contributed by atoms with van der Waals surface area (Å²) in [6.07, 6.45) is -0.610. The van der Waals surface area contributed by atoms with Gasteiger partial charge in [0.2, 0.25) is 0 Å². The molecule has 1 aromatic carbocycles. The molecule has 1 fully saturated rings. The maximum atomic E-state index is 13.5. The zero-order valence-corrected chi connectivity index (χ0v) is 8.12. The molecular weight excluding hydrogens is 200 g/mol. The summed E-state index contributed by atoms with van der Waals surface area (Å²) in [6, 6.07) is 2.76. The fourth-order valence-electron chi connectivity index (χ4n) is 1.73. The van der Waals surface area contributed by atoms with E-state index in [1.165, 1.54) is 0 Å². The summed E-state index contributed by atoms with van der Waals surface area (Å²) in [6.45, 7) is 0.203. The summed E-state index contributed by atoms with van der Waals surface area (Å²) in [7, 11) is 0. The van der Waals surface area contributed by atoms with Gasteiger partial charge in [-0.2, -0.15) is 0 Å². The van der Waals surface area contributed by atoms with Crippen molar-refractivity contribution >= 4 is 0 Å². The number of benzene rings is 1. The van der Waals surface area contributed by atoms with Gasteiger partial charge in [0.25, 0.3) is 0 Å². The van der Waals surface area contributed by atoms with E-state index in [-0.39, 0.29) is 18.6 Å². The molecular formula is C11H13F2NO. The Labute approximate surface area is 88.4 Å². The lowest BCUT2D eigenvalue weighted by atomic mass is 9.96.